The van der Waals surface area contributed by atoms with E-state index in [0.29, 0.717) is 12.1 Å². The minimum Gasteiger partial charge on any atom is -0.311 e. The maximum Gasteiger partial charge on any atom is 0.0544 e. The van der Waals surface area contributed by atoms with Gasteiger partial charge in [-0.15, -0.1) is 0 Å². The summed E-state index contributed by atoms with van der Waals surface area (Å²) >= 11 is 3.47. The molecule has 2 aliphatic rings. The average molecular weight is 352 g/mol. The third-order valence-electron chi connectivity index (χ3n) is 4.65. The van der Waals surface area contributed by atoms with Gasteiger partial charge in [-0.05, 0) is 59.2 Å². The number of nitrogens with one attached hydrogen (secondary N) is 1. The summed E-state index contributed by atoms with van der Waals surface area (Å²) in [4.78, 5) is 7.22. The Hall–Kier alpha value is -0.450. The van der Waals surface area contributed by atoms with Crippen LogP contribution in [0.15, 0.2) is 22.8 Å². The molecule has 0 aromatic carbocycles. The normalized spacial score (nSPS) is 27.2. The third kappa shape index (κ3) is 4.27. The predicted octanol–water partition coefficient (Wildman–Crippen LogP) is 3.44. The summed E-state index contributed by atoms with van der Waals surface area (Å²) in [6.07, 6.45) is 6.00. The van der Waals surface area contributed by atoms with E-state index in [4.69, 9.17) is 0 Å². The molecule has 0 radical (unpaired) electrons. The lowest BCUT2D eigenvalue weighted by Gasteiger charge is -2.41. The van der Waals surface area contributed by atoms with E-state index in [2.05, 4.69) is 57.1 Å². The number of nitrogens with zero attached hydrogens (tertiary/aromatic N) is 2. The van der Waals surface area contributed by atoms with Crippen LogP contribution in [0.25, 0.3) is 0 Å². The van der Waals surface area contributed by atoms with Gasteiger partial charge in [0.1, 0.15) is 0 Å². The molecule has 2 heterocycles. The van der Waals surface area contributed by atoms with Gasteiger partial charge in [0.2, 0.25) is 0 Å². The van der Waals surface area contributed by atoms with Crippen LogP contribution < -0.4 is 5.32 Å². The first-order chi connectivity index (χ1) is 10.1. The molecule has 21 heavy (non-hydrogen) atoms. The van der Waals surface area contributed by atoms with Crippen molar-refractivity contribution >= 4 is 15.9 Å². The first-order valence-electron chi connectivity index (χ1n) is 8.19. The second-order valence-electron chi connectivity index (χ2n) is 7.03. The number of halogens is 1. The smallest absolute Gasteiger partial charge is 0.0544 e. The lowest BCUT2D eigenvalue weighted by molar-refractivity contribution is 0.0986. The summed E-state index contributed by atoms with van der Waals surface area (Å²) in [6.45, 7) is 7.94. The van der Waals surface area contributed by atoms with Gasteiger partial charge in [0.05, 0.1) is 5.69 Å². The Morgan fingerprint density at radius 1 is 1.38 bits per heavy atom. The van der Waals surface area contributed by atoms with Gasteiger partial charge in [-0.3, -0.25) is 9.88 Å². The zero-order valence-electron chi connectivity index (χ0n) is 13.1. The molecule has 4 heteroatoms. The fourth-order valence-electron chi connectivity index (χ4n) is 3.38. The lowest BCUT2D eigenvalue weighted by Crippen LogP contribution is -2.57. The van der Waals surface area contributed by atoms with Crippen LogP contribution in [0.4, 0.5) is 0 Å². The quantitative estimate of drug-likeness (QED) is 0.880. The van der Waals surface area contributed by atoms with E-state index in [1.807, 2.05) is 6.20 Å². The van der Waals surface area contributed by atoms with Crippen molar-refractivity contribution in [3.63, 3.8) is 0 Å². The molecule has 1 aromatic rings. The van der Waals surface area contributed by atoms with E-state index in [-0.39, 0.29) is 0 Å². The van der Waals surface area contributed by atoms with Crippen LogP contribution in [-0.2, 0) is 6.54 Å². The van der Waals surface area contributed by atoms with Gasteiger partial charge in [0, 0.05) is 42.4 Å². The number of pyridine rings is 1. The van der Waals surface area contributed by atoms with Crippen LogP contribution in [-0.4, -0.2) is 35.1 Å². The largest absolute Gasteiger partial charge is 0.311 e. The summed E-state index contributed by atoms with van der Waals surface area (Å²) in [5.41, 5.74) is 1.18. The Balaban J connectivity index is 1.67. The fourth-order valence-corrected chi connectivity index (χ4v) is 3.61. The van der Waals surface area contributed by atoms with Crippen LogP contribution in [0.3, 0.4) is 0 Å². The molecule has 1 saturated carbocycles. The van der Waals surface area contributed by atoms with Gasteiger partial charge in [-0.25, -0.2) is 0 Å². The molecule has 2 atom stereocenters. The van der Waals surface area contributed by atoms with Crippen LogP contribution in [0, 0.1) is 11.8 Å². The summed E-state index contributed by atoms with van der Waals surface area (Å²) in [7, 11) is 0. The summed E-state index contributed by atoms with van der Waals surface area (Å²) < 4.78 is 1.06. The van der Waals surface area contributed by atoms with Crippen LogP contribution in [0.5, 0.6) is 0 Å². The number of aromatic nitrogens is 1. The summed E-state index contributed by atoms with van der Waals surface area (Å²) in [5, 5.41) is 3.79. The standard InChI is InChI=1S/C17H26BrN3/c1-12(2)7-16-9-20-17(13-3-4-13)11-21(16)10-15-6-5-14(18)8-19-15/h5-6,8,12-13,16-17,20H,3-4,7,9-11H2,1-2H3. The topological polar surface area (TPSA) is 28.2 Å². The summed E-state index contributed by atoms with van der Waals surface area (Å²) in [6, 6.07) is 5.58. The molecular weight excluding hydrogens is 326 g/mol. The predicted molar refractivity (Wildman–Crippen MR) is 90.1 cm³/mol. The number of hydrogen-bond donors (Lipinski definition) is 1. The molecule has 1 saturated heterocycles. The second kappa shape index (κ2) is 6.76. The molecule has 1 aliphatic carbocycles. The third-order valence-corrected chi connectivity index (χ3v) is 5.12. The summed E-state index contributed by atoms with van der Waals surface area (Å²) in [5.74, 6) is 1.67. The van der Waals surface area contributed by atoms with Gasteiger partial charge < -0.3 is 5.32 Å². The Bertz CT molecular complexity index is 456. The number of hydrogen-bond acceptors (Lipinski definition) is 3. The van der Waals surface area contributed by atoms with Crippen molar-refractivity contribution < 1.29 is 0 Å². The highest BCUT2D eigenvalue weighted by molar-refractivity contribution is 9.10. The maximum absolute atomic E-state index is 4.56. The van der Waals surface area contributed by atoms with Crippen LogP contribution in [0.1, 0.15) is 38.8 Å². The highest BCUT2D eigenvalue weighted by Gasteiger charge is 2.37. The Labute approximate surface area is 136 Å². The van der Waals surface area contributed by atoms with Gasteiger partial charge >= 0.3 is 0 Å². The zero-order valence-corrected chi connectivity index (χ0v) is 14.6. The fraction of sp³-hybridized carbons (Fsp3) is 0.706. The molecule has 2 fully saturated rings. The van der Waals surface area contributed by atoms with E-state index in [1.165, 1.54) is 31.5 Å². The average Bonchev–Trinajstić information content (AvgIpc) is 3.27. The van der Waals surface area contributed by atoms with Gasteiger partial charge in [-0.1, -0.05) is 13.8 Å². The van der Waals surface area contributed by atoms with Crippen molar-refractivity contribution in [2.75, 3.05) is 13.1 Å². The van der Waals surface area contributed by atoms with Gasteiger partial charge in [0.15, 0.2) is 0 Å². The number of rotatable bonds is 5. The molecule has 0 spiro atoms. The first-order valence-corrected chi connectivity index (χ1v) is 8.99. The monoisotopic (exact) mass is 351 g/mol. The van der Waals surface area contributed by atoms with Crippen molar-refractivity contribution in [3.8, 4) is 0 Å². The Morgan fingerprint density at radius 2 is 2.19 bits per heavy atom. The molecule has 1 N–H and O–H groups in total. The Morgan fingerprint density at radius 3 is 2.81 bits per heavy atom. The minimum atomic E-state index is 0.644. The zero-order chi connectivity index (χ0) is 14.8. The van der Waals surface area contributed by atoms with E-state index < -0.39 is 0 Å². The molecule has 1 aromatic heterocycles. The SMILES string of the molecule is CC(C)CC1CNC(C2CC2)CN1Cc1ccc(Br)cn1. The van der Waals surface area contributed by atoms with E-state index in [0.717, 1.165) is 29.4 Å². The number of piperazine rings is 1. The maximum atomic E-state index is 4.56. The molecule has 0 bridgehead atoms. The molecule has 116 valence electrons. The second-order valence-corrected chi connectivity index (χ2v) is 7.95. The van der Waals surface area contributed by atoms with E-state index in [9.17, 15) is 0 Å². The Kier molecular flexibility index (Phi) is 4.97. The van der Waals surface area contributed by atoms with Crippen molar-refractivity contribution in [2.45, 2.75) is 51.7 Å². The molecule has 3 nitrogen and oxygen atoms in total. The van der Waals surface area contributed by atoms with Crippen LogP contribution in [0.2, 0.25) is 0 Å². The van der Waals surface area contributed by atoms with E-state index in [1.54, 1.807) is 0 Å². The van der Waals surface area contributed by atoms with E-state index >= 15 is 0 Å². The molecule has 3 rings (SSSR count). The lowest BCUT2D eigenvalue weighted by atomic mass is 9.97. The van der Waals surface area contributed by atoms with Gasteiger partial charge in [-0.2, -0.15) is 0 Å². The van der Waals surface area contributed by atoms with Crippen molar-refractivity contribution in [1.29, 1.82) is 0 Å². The molecule has 0 amide bonds. The minimum absolute atomic E-state index is 0.644. The first kappa shape index (κ1) is 15.4. The highest BCUT2D eigenvalue weighted by Crippen LogP contribution is 2.35. The molecular formula is C17H26BrN3. The highest BCUT2D eigenvalue weighted by atomic mass is 79.9. The molecule has 2 unspecified atom stereocenters. The van der Waals surface area contributed by atoms with Crippen LogP contribution >= 0.6 is 15.9 Å². The van der Waals surface area contributed by atoms with Crippen molar-refractivity contribution in [1.82, 2.24) is 15.2 Å². The van der Waals surface area contributed by atoms with Crippen molar-refractivity contribution in [2.24, 2.45) is 11.8 Å². The molecule has 1 aliphatic heterocycles. The van der Waals surface area contributed by atoms with Gasteiger partial charge in [0.25, 0.3) is 0 Å². The van der Waals surface area contributed by atoms with Crippen molar-refractivity contribution in [3.05, 3.63) is 28.5 Å².